The van der Waals surface area contributed by atoms with E-state index in [2.05, 4.69) is 94.2 Å². The van der Waals surface area contributed by atoms with Gasteiger partial charge in [-0.3, -0.25) is 29.8 Å². The summed E-state index contributed by atoms with van der Waals surface area (Å²) in [5, 5.41) is 17.8. The minimum absolute atomic E-state index is 0.0278. The Balaban J connectivity index is 0.759. The molecule has 0 saturated carbocycles. The molecule has 6 aromatic rings. The van der Waals surface area contributed by atoms with Gasteiger partial charge in [0.2, 0.25) is 11.8 Å². The first-order valence-corrected chi connectivity index (χ1v) is 21.6. The molecule has 3 saturated heterocycles. The number of aromatic amines is 1. The minimum atomic E-state index is -0.378. The normalized spacial score (nSPS) is 16.9. The second-order valence-corrected chi connectivity index (χ2v) is 17.7. The number of pyridine rings is 1. The number of carbonyl (C=O) groups is 3. The van der Waals surface area contributed by atoms with Gasteiger partial charge in [0.25, 0.3) is 11.7 Å². The van der Waals surface area contributed by atoms with Gasteiger partial charge < -0.3 is 19.6 Å². The van der Waals surface area contributed by atoms with E-state index in [1.807, 2.05) is 58.2 Å². The molecule has 6 heterocycles. The lowest BCUT2D eigenvalue weighted by Crippen LogP contribution is -2.49. The molecular weight excluding hydrogens is 783 g/mol. The Bertz CT molecular complexity index is 2580. The predicted octanol–water partition coefficient (Wildman–Crippen LogP) is 6.70. The van der Waals surface area contributed by atoms with E-state index in [1.54, 1.807) is 4.90 Å². The Morgan fingerprint density at radius 3 is 2.18 bits per heavy atom. The van der Waals surface area contributed by atoms with Crippen molar-refractivity contribution in [2.75, 3.05) is 67.1 Å². The lowest BCUT2D eigenvalue weighted by molar-refractivity contribution is -0.120. The quantitative estimate of drug-likeness (QED) is 0.134. The number of aromatic nitrogens is 5. The number of piperazine rings is 1. The van der Waals surface area contributed by atoms with Crippen LogP contribution in [0.5, 0.6) is 0 Å². The molecule has 0 atom stereocenters. The Kier molecular flexibility index (Phi) is 11.2. The molecule has 3 fully saturated rings. The minimum Gasteiger partial charge on any atom is -0.372 e. The molecule has 3 aliphatic rings. The Morgan fingerprint density at radius 1 is 0.823 bits per heavy atom. The second kappa shape index (κ2) is 17.0. The van der Waals surface area contributed by atoms with Crippen LogP contribution in [-0.4, -0.2) is 100 Å². The summed E-state index contributed by atoms with van der Waals surface area (Å²) in [5.74, 6) is 0.539. The highest BCUT2D eigenvalue weighted by Gasteiger charge is 2.27. The average Bonchev–Trinajstić information content (AvgIpc) is 3.96. The number of nitrogens with one attached hydrogen (secondary N) is 3. The number of imide groups is 1. The molecule has 3 aliphatic heterocycles. The first-order chi connectivity index (χ1) is 29.9. The third-order valence-electron chi connectivity index (χ3n) is 12.4. The number of piperidine rings is 1. The van der Waals surface area contributed by atoms with Gasteiger partial charge in [0.1, 0.15) is 0 Å². The van der Waals surface area contributed by atoms with Crippen LogP contribution >= 0.6 is 0 Å². The number of aryl methyl sites for hydroxylation is 1. The summed E-state index contributed by atoms with van der Waals surface area (Å²) in [6, 6.07) is 24.9. The van der Waals surface area contributed by atoms with Crippen molar-refractivity contribution in [2.24, 2.45) is 5.92 Å². The molecule has 0 unspecified atom stereocenters. The highest BCUT2D eigenvalue weighted by molar-refractivity contribution is 6.05. The Labute approximate surface area is 360 Å². The number of nitrogens with zero attached hydrogens (tertiary/aromatic N) is 8. The summed E-state index contributed by atoms with van der Waals surface area (Å²) >= 11 is 0. The van der Waals surface area contributed by atoms with E-state index in [-0.39, 0.29) is 29.1 Å². The maximum absolute atomic E-state index is 12.7. The van der Waals surface area contributed by atoms with Crippen molar-refractivity contribution in [1.82, 2.24) is 40.9 Å². The summed E-state index contributed by atoms with van der Waals surface area (Å²) < 4.78 is 5.28. The number of fused-ring (bicyclic) bond motifs is 1. The smallest absolute Gasteiger partial charge is 0.328 e. The zero-order valence-electron chi connectivity index (χ0n) is 35.8. The lowest BCUT2D eigenvalue weighted by Gasteiger charge is -2.40. The largest absolute Gasteiger partial charge is 0.372 e. The van der Waals surface area contributed by atoms with Crippen LogP contribution in [0.3, 0.4) is 0 Å². The zero-order chi connectivity index (χ0) is 43.0. The summed E-state index contributed by atoms with van der Waals surface area (Å²) in [7, 11) is 0. The van der Waals surface area contributed by atoms with Crippen LogP contribution in [0.1, 0.15) is 67.7 Å². The summed E-state index contributed by atoms with van der Waals surface area (Å²) in [6.45, 7) is 15.9. The van der Waals surface area contributed by atoms with Gasteiger partial charge in [-0.2, -0.15) is 10.1 Å². The summed E-state index contributed by atoms with van der Waals surface area (Å²) in [4.78, 5) is 54.6. The van der Waals surface area contributed by atoms with Gasteiger partial charge in [0.15, 0.2) is 5.65 Å². The van der Waals surface area contributed by atoms with Gasteiger partial charge in [-0.15, -0.1) is 0 Å². The molecule has 320 valence electrons. The van der Waals surface area contributed by atoms with Crippen molar-refractivity contribution in [1.29, 1.82) is 0 Å². The van der Waals surface area contributed by atoms with Crippen LogP contribution in [0.4, 0.5) is 21.9 Å². The maximum Gasteiger partial charge on any atom is 0.328 e. The third kappa shape index (κ3) is 8.75. The van der Waals surface area contributed by atoms with E-state index in [0.29, 0.717) is 37.0 Å². The van der Waals surface area contributed by atoms with Crippen molar-refractivity contribution in [3.63, 3.8) is 0 Å². The van der Waals surface area contributed by atoms with Crippen LogP contribution in [0.15, 0.2) is 83.5 Å². The average molecular weight is 836 g/mol. The van der Waals surface area contributed by atoms with Crippen LogP contribution in [0, 0.1) is 12.8 Å². The molecule has 3 N–H and O–H groups in total. The third-order valence-corrected chi connectivity index (χ3v) is 12.4. The second-order valence-electron chi connectivity index (χ2n) is 17.7. The number of hydrogen-bond acceptors (Lipinski definition) is 11. The Hall–Kier alpha value is -6.61. The van der Waals surface area contributed by atoms with Crippen LogP contribution < -0.4 is 25.3 Å². The number of carbonyl (C=O) groups excluding carboxylic acids is 3. The fraction of sp³-hybridized carbons (Fsp3) is 0.383. The van der Waals surface area contributed by atoms with Crippen molar-refractivity contribution in [3.8, 4) is 22.4 Å². The number of hydrogen-bond donors (Lipinski definition) is 3. The molecule has 15 heteroatoms. The molecule has 4 amide bonds. The molecule has 0 bridgehead atoms. The summed E-state index contributed by atoms with van der Waals surface area (Å²) in [6.07, 6.45) is 4.56. The Morgan fingerprint density at radius 2 is 1.50 bits per heavy atom. The van der Waals surface area contributed by atoms with Gasteiger partial charge >= 0.3 is 6.03 Å². The number of benzene rings is 3. The van der Waals surface area contributed by atoms with E-state index in [9.17, 15) is 14.4 Å². The van der Waals surface area contributed by atoms with Gasteiger partial charge in [0.05, 0.1) is 5.69 Å². The lowest BCUT2D eigenvalue weighted by atomic mass is 9.95. The highest BCUT2D eigenvalue weighted by Crippen LogP contribution is 2.33. The van der Waals surface area contributed by atoms with E-state index in [0.717, 1.165) is 90.4 Å². The van der Waals surface area contributed by atoms with Crippen molar-refractivity contribution in [3.05, 3.63) is 102 Å². The molecule has 3 aromatic carbocycles. The standard InChI is InChI=1S/C47H53N11O4/c1-30-25-33(5-6-34(30)27-49-44(60)43-51-45(62-54-43)47(2,3)4)41-39-26-35(28-48-42(39)53-52-41)32-7-9-36(10-8-32)56-18-15-31(16-19-56)29-55-21-23-57(24-22-55)37-11-13-38(14-12-37)58-20-17-40(59)50-46(58)61/h5-14,25-26,28,31H,15-24,27,29H2,1-4H3,(H,49,60)(H,48,52,53)(H,50,59,61). The first kappa shape index (κ1) is 40.8. The number of urea groups is 1. The first-order valence-electron chi connectivity index (χ1n) is 21.6. The molecular formula is C47H53N11O4. The van der Waals surface area contributed by atoms with Gasteiger partial charge in [-0.05, 0) is 90.9 Å². The fourth-order valence-electron chi connectivity index (χ4n) is 8.65. The molecule has 0 aliphatic carbocycles. The van der Waals surface area contributed by atoms with Crippen LogP contribution in [-0.2, 0) is 16.8 Å². The van der Waals surface area contributed by atoms with E-state index >= 15 is 0 Å². The molecule has 15 nitrogen and oxygen atoms in total. The summed E-state index contributed by atoms with van der Waals surface area (Å²) in [5.41, 5.74) is 9.58. The van der Waals surface area contributed by atoms with Crippen molar-refractivity contribution < 1.29 is 18.9 Å². The van der Waals surface area contributed by atoms with E-state index in [4.69, 9.17) is 9.51 Å². The monoisotopic (exact) mass is 835 g/mol. The number of rotatable bonds is 10. The van der Waals surface area contributed by atoms with Gasteiger partial charge in [-0.25, -0.2) is 9.78 Å². The highest BCUT2D eigenvalue weighted by atomic mass is 16.5. The van der Waals surface area contributed by atoms with Gasteiger partial charge in [-0.1, -0.05) is 50.2 Å². The maximum atomic E-state index is 12.7. The van der Waals surface area contributed by atoms with Crippen LogP contribution in [0.25, 0.3) is 33.4 Å². The van der Waals surface area contributed by atoms with Gasteiger partial charge in [0, 0.05) is 111 Å². The number of H-pyrrole nitrogens is 1. The van der Waals surface area contributed by atoms with Crippen molar-refractivity contribution in [2.45, 2.75) is 58.9 Å². The SMILES string of the molecule is Cc1cc(-c2[nH]nc3ncc(-c4ccc(N5CCC(CN6CCN(c7ccc(N8CCC(=O)NC8=O)cc7)CC6)CC5)cc4)cc23)ccc1CNC(=O)c1noc(C(C)(C)C)n1. The zero-order valence-corrected chi connectivity index (χ0v) is 35.8. The van der Waals surface area contributed by atoms with Crippen LogP contribution in [0.2, 0.25) is 0 Å². The topological polar surface area (TPSA) is 169 Å². The van der Waals surface area contributed by atoms with Crippen molar-refractivity contribution >= 4 is 45.9 Å². The molecule has 0 radical (unpaired) electrons. The molecule has 3 aromatic heterocycles. The van der Waals surface area contributed by atoms with E-state index < -0.39 is 0 Å². The number of amides is 4. The molecule has 0 spiro atoms. The predicted molar refractivity (Wildman–Crippen MR) is 239 cm³/mol. The van der Waals surface area contributed by atoms with E-state index in [1.165, 1.54) is 24.2 Å². The molecule has 9 rings (SSSR count). The number of anilines is 3. The molecule has 62 heavy (non-hydrogen) atoms. The fourth-order valence-corrected chi connectivity index (χ4v) is 8.65.